The topological polar surface area (TPSA) is 62.1 Å². The highest BCUT2D eigenvalue weighted by Crippen LogP contribution is 2.33. The van der Waals surface area contributed by atoms with E-state index in [0.717, 1.165) is 6.07 Å². The second-order valence-electron chi connectivity index (χ2n) is 6.65. The monoisotopic (exact) mass is 419 g/mol. The van der Waals surface area contributed by atoms with Gasteiger partial charge in [-0.3, -0.25) is 9.69 Å². The molecule has 0 spiro atoms. The molecule has 5 nitrogen and oxygen atoms in total. The molecule has 4 aromatic rings. The van der Waals surface area contributed by atoms with Crippen molar-refractivity contribution in [1.29, 1.82) is 0 Å². The number of hydrogen-bond acceptors (Lipinski definition) is 5. The molecule has 1 N–H and O–H groups in total. The summed E-state index contributed by atoms with van der Waals surface area (Å²) < 4.78 is 44.9. The summed E-state index contributed by atoms with van der Waals surface area (Å²) in [4.78, 5) is 22.0. The minimum Gasteiger partial charge on any atom is -0.464 e. The molecule has 4 rings (SSSR count). The zero-order valence-corrected chi connectivity index (χ0v) is 16.1. The molecule has 0 bridgehead atoms. The van der Waals surface area contributed by atoms with Gasteiger partial charge >= 0.3 is 6.18 Å². The second kappa shape index (κ2) is 7.49. The SMILES string of the molecule is CN(Cc1nc2scc(-c3ccco3)c2c(=O)[nH]1)Cc1ccccc1C(F)(F)F. The molecule has 0 amide bonds. The first kappa shape index (κ1) is 19.4. The zero-order chi connectivity index (χ0) is 20.6. The Labute approximate surface area is 167 Å². The molecule has 1 aromatic carbocycles. The molecule has 29 heavy (non-hydrogen) atoms. The Bertz CT molecular complexity index is 1200. The van der Waals surface area contributed by atoms with E-state index in [1.54, 1.807) is 35.5 Å². The van der Waals surface area contributed by atoms with Gasteiger partial charge < -0.3 is 9.40 Å². The summed E-state index contributed by atoms with van der Waals surface area (Å²) in [6, 6.07) is 8.97. The average Bonchev–Trinajstić information content (AvgIpc) is 3.30. The number of benzene rings is 1. The van der Waals surface area contributed by atoms with Gasteiger partial charge in [-0.05, 0) is 30.8 Å². The van der Waals surface area contributed by atoms with Gasteiger partial charge in [0.15, 0.2) is 0 Å². The smallest absolute Gasteiger partial charge is 0.416 e. The van der Waals surface area contributed by atoms with Crippen molar-refractivity contribution in [3.05, 3.63) is 75.3 Å². The predicted octanol–water partition coefficient (Wildman–Crippen LogP) is 4.90. The molecule has 0 saturated carbocycles. The highest BCUT2D eigenvalue weighted by Gasteiger charge is 2.33. The first-order chi connectivity index (χ1) is 13.8. The zero-order valence-electron chi connectivity index (χ0n) is 15.3. The van der Waals surface area contributed by atoms with E-state index in [9.17, 15) is 18.0 Å². The van der Waals surface area contributed by atoms with E-state index in [0.29, 0.717) is 27.4 Å². The number of hydrogen-bond donors (Lipinski definition) is 1. The number of furan rings is 1. The molecular formula is C20H16F3N3O2S. The van der Waals surface area contributed by atoms with Crippen molar-refractivity contribution < 1.29 is 17.6 Å². The Balaban J connectivity index is 1.58. The Kier molecular flexibility index (Phi) is 5.01. The first-order valence-electron chi connectivity index (χ1n) is 8.71. The summed E-state index contributed by atoms with van der Waals surface area (Å²) in [5.74, 6) is 0.972. The molecule has 0 atom stereocenters. The van der Waals surface area contributed by atoms with Crippen LogP contribution in [0.5, 0.6) is 0 Å². The van der Waals surface area contributed by atoms with Crippen LogP contribution in [0.2, 0.25) is 0 Å². The van der Waals surface area contributed by atoms with E-state index in [-0.39, 0.29) is 24.2 Å². The predicted molar refractivity (Wildman–Crippen MR) is 105 cm³/mol. The maximum absolute atomic E-state index is 13.2. The molecule has 0 aliphatic heterocycles. The fourth-order valence-electron chi connectivity index (χ4n) is 3.22. The lowest BCUT2D eigenvalue weighted by Crippen LogP contribution is -2.23. The van der Waals surface area contributed by atoms with Crippen LogP contribution in [0.25, 0.3) is 21.5 Å². The van der Waals surface area contributed by atoms with Gasteiger partial charge in [-0.2, -0.15) is 13.2 Å². The van der Waals surface area contributed by atoms with Gasteiger partial charge in [0.1, 0.15) is 16.4 Å². The molecule has 3 aromatic heterocycles. The molecular weight excluding hydrogens is 403 g/mol. The minimum atomic E-state index is -4.41. The summed E-state index contributed by atoms with van der Waals surface area (Å²) >= 11 is 1.32. The minimum absolute atomic E-state index is 0.0690. The molecule has 0 aliphatic rings. The maximum Gasteiger partial charge on any atom is 0.416 e. The van der Waals surface area contributed by atoms with E-state index >= 15 is 0 Å². The van der Waals surface area contributed by atoms with Crippen molar-refractivity contribution in [2.45, 2.75) is 19.3 Å². The van der Waals surface area contributed by atoms with Crippen LogP contribution >= 0.6 is 11.3 Å². The number of H-pyrrole nitrogens is 1. The van der Waals surface area contributed by atoms with E-state index in [1.165, 1.54) is 29.7 Å². The normalized spacial score (nSPS) is 12.2. The third-order valence-electron chi connectivity index (χ3n) is 4.46. The number of fused-ring (bicyclic) bond motifs is 1. The molecule has 0 radical (unpaired) electrons. The lowest BCUT2D eigenvalue weighted by molar-refractivity contribution is -0.138. The van der Waals surface area contributed by atoms with E-state index in [2.05, 4.69) is 9.97 Å². The van der Waals surface area contributed by atoms with Gasteiger partial charge in [0.2, 0.25) is 0 Å². The van der Waals surface area contributed by atoms with Crippen LogP contribution in [0.3, 0.4) is 0 Å². The summed E-state index contributed by atoms with van der Waals surface area (Å²) in [6.07, 6.45) is -2.88. The van der Waals surface area contributed by atoms with Crippen LogP contribution in [-0.2, 0) is 19.3 Å². The number of nitrogens with zero attached hydrogens (tertiary/aromatic N) is 2. The summed E-state index contributed by atoms with van der Waals surface area (Å²) in [7, 11) is 1.68. The standard InChI is InChI=1S/C20H16F3N3O2S/c1-26(9-12-5-2-3-6-14(12)20(21,22)23)10-16-24-18(27)17-13(11-29-19(17)25-16)15-7-4-8-28-15/h2-8,11H,9-10H2,1H3,(H,24,25,27). The number of aromatic nitrogens is 2. The molecule has 150 valence electrons. The van der Waals surface area contributed by atoms with Crippen LogP contribution in [0.4, 0.5) is 13.2 Å². The average molecular weight is 419 g/mol. The molecule has 0 unspecified atom stereocenters. The largest absolute Gasteiger partial charge is 0.464 e. The Hall–Kier alpha value is -2.91. The summed E-state index contributed by atoms with van der Waals surface area (Å²) in [5, 5.41) is 2.25. The first-order valence-corrected chi connectivity index (χ1v) is 9.59. The fourth-order valence-corrected chi connectivity index (χ4v) is 4.17. The van der Waals surface area contributed by atoms with E-state index < -0.39 is 11.7 Å². The third-order valence-corrected chi connectivity index (χ3v) is 5.33. The molecule has 0 saturated heterocycles. The quantitative estimate of drug-likeness (QED) is 0.500. The van der Waals surface area contributed by atoms with Gasteiger partial charge in [-0.25, -0.2) is 4.98 Å². The highest BCUT2D eigenvalue weighted by atomic mass is 32.1. The van der Waals surface area contributed by atoms with Crippen LogP contribution < -0.4 is 5.56 Å². The van der Waals surface area contributed by atoms with Gasteiger partial charge in [-0.15, -0.1) is 11.3 Å². The van der Waals surface area contributed by atoms with E-state index in [4.69, 9.17) is 4.42 Å². The summed E-state index contributed by atoms with van der Waals surface area (Å²) in [6.45, 7) is 0.269. The van der Waals surface area contributed by atoms with Crippen molar-refractivity contribution in [2.24, 2.45) is 0 Å². The van der Waals surface area contributed by atoms with Crippen LogP contribution in [-0.4, -0.2) is 21.9 Å². The highest BCUT2D eigenvalue weighted by molar-refractivity contribution is 7.17. The molecule has 0 fully saturated rings. The van der Waals surface area contributed by atoms with Crippen molar-refractivity contribution in [2.75, 3.05) is 7.05 Å². The molecule has 0 aliphatic carbocycles. The number of alkyl halides is 3. The summed E-state index contributed by atoms with van der Waals surface area (Å²) in [5.41, 5.74) is -0.128. The fraction of sp³-hybridized carbons (Fsp3) is 0.200. The van der Waals surface area contributed by atoms with Crippen molar-refractivity contribution in [3.8, 4) is 11.3 Å². The number of halogens is 3. The number of thiophene rings is 1. The molecule has 9 heteroatoms. The number of aromatic amines is 1. The number of nitrogens with one attached hydrogen (secondary N) is 1. The second-order valence-corrected chi connectivity index (χ2v) is 7.50. The lowest BCUT2D eigenvalue weighted by atomic mass is 10.1. The number of rotatable bonds is 5. The lowest BCUT2D eigenvalue weighted by Gasteiger charge is -2.19. The van der Waals surface area contributed by atoms with Crippen LogP contribution in [0, 0.1) is 0 Å². The third kappa shape index (κ3) is 3.96. The van der Waals surface area contributed by atoms with Crippen molar-refractivity contribution >= 4 is 21.6 Å². The molecule has 3 heterocycles. The van der Waals surface area contributed by atoms with Crippen molar-refractivity contribution in [1.82, 2.24) is 14.9 Å². The van der Waals surface area contributed by atoms with Crippen LogP contribution in [0.15, 0.2) is 57.3 Å². The van der Waals surface area contributed by atoms with Gasteiger partial charge in [0, 0.05) is 17.5 Å². The van der Waals surface area contributed by atoms with Gasteiger partial charge in [0.05, 0.1) is 23.8 Å². The maximum atomic E-state index is 13.2. The van der Waals surface area contributed by atoms with Crippen LogP contribution in [0.1, 0.15) is 17.0 Å². The van der Waals surface area contributed by atoms with Gasteiger partial charge in [0.25, 0.3) is 5.56 Å². The van der Waals surface area contributed by atoms with Gasteiger partial charge in [-0.1, -0.05) is 18.2 Å². The van der Waals surface area contributed by atoms with Crippen molar-refractivity contribution in [3.63, 3.8) is 0 Å². The Morgan fingerprint density at radius 1 is 1.17 bits per heavy atom. The Morgan fingerprint density at radius 2 is 1.97 bits per heavy atom. The Morgan fingerprint density at radius 3 is 2.69 bits per heavy atom. The van der Waals surface area contributed by atoms with E-state index in [1.807, 2.05) is 0 Å².